The fourth-order valence-corrected chi connectivity index (χ4v) is 2.25. The topological polar surface area (TPSA) is 12.0 Å². The standard InChI is InChI=1S/C12H21NS/c1-5-9(2)11(4)13-8-12-10(3)6-7-14-12/h6-7,9,11,13H,5,8H2,1-4H3. The molecule has 2 atom stereocenters. The van der Waals surface area contributed by atoms with Crippen LogP contribution in [0.3, 0.4) is 0 Å². The minimum atomic E-state index is 0.612. The van der Waals surface area contributed by atoms with E-state index in [1.54, 1.807) is 0 Å². The van der Waals surface area contributed by atoms with E-state index in [9.17, 15) is 0 Å². The molecule has 1 rings (SSSR count). The van der Waals surface area contributed by atoms with Crippen LogP contribution in [0.25, 0.3) is 0 Å². The Kier molecular flexibility index (Phi) is 4.63. The first kappa shape index (κ1) is 11.7. The minimum Gasteiger partial charge on any atom is -0.309 e. The molecule has 0 radical (unpaired) electrons. The third kappa shape index (κ3) is 3.10. The first-order chi connectivity index (χ1) is 6.65. The van der Waals surface area contributed by atoms with E-state index in [1.807, 2.05) is 11.3 Å². The van der Waals surface area contributed by atoms with Crippen LogP contribution in [-0.2, 0) is 6.54 Å². The molecular formula is C12H21NS. The highest BCUT2D eigenvalue weighted by Crippen LogP contribution is 2.16. The maximum Gasteiger partial charge on any atom is 0.0304 e. The van der Waals surface area contributed by atoms with Gasteiger partial charge in [-0.2, -0.15) is 0 Å². The monoisotopic (exact) mass is 211 g/mol. The van der Waals surface area contributed by atoms with Gasteiger partial charge in [0.25, 0.3) is 0 Å². The molecule has 0 aromatic carbocycles. The zero-order valence-electron chi connectivity index (χ0n) is 9.63. The lowest BCUT2D eigenvalue weighted by molar-refractivity contribution is 0.390. The molecule has 0 aliphatic rings. The molecule has 1 aromatic rings. The van der Waals surface area contributed by atoms with Gasteiger partial charge in [0.15, 0.2) is 0 Å². The summed E-state index contributed by atoms with van der Waals surface area (Å²) in [6, 6.07) is 2.80. The molecule has 2 unspecified atom stereocenters. The molecule has 1 aromatic heterocycles. The Morgan fingerprint density at radius 1 is 1.43 bits per heavy atom. The van der Waals surface area contributed by atoms with Crippen molar-refractivity contribution in [1.82, 2.24) is 5.32 Å². The molecule has 0 spiro atoms. The maximum atomic E-state index is 3.59. The van der Waals surface area contributed by atoms with Crippen molar-refractivity contribution in [2.75, 3.05) is 0 Å². The molecule has 14 heavy (non-hydrogen) atoms. The van der Waals surface area contributed by atoms with Crippen LogP contribution in [0.2, 0.25) is 0 Å². The van der Waals surface area contributed by atoms with Gasteiger partial charge in [-0.15, -0.1) is 11.3 Å². The number of thiophene rings is 1. The van der Waals surface area contributed by atoms with Gasteiger partial charge in [-0.1, -0.05) is 20.3 Å². The van der Waals surface area contributed by atoms with Crippen molar-refractivity contribution in [2.45, 2.75) is 46.7 Å². The Balaban J connectivity index is 2.37. The second-order valence-corrected chi connectivity index (χ2v) is 5.08. The quantitative estimate of drug-likeness (QED) is 0.785. The molecule has 0 bridgehead atoms. The number of hydrogen-bond acceptors (Lipinski definition) is 2. The van der Waals surface area contributed by atoms with Crippen molar-refractivity contribution in [3.8, 4) is 0 Å². The second kappa shape index (κ2) is 5.52. The molecule has 1 heterocycles. The zero-order chi connectivity index (χ0) is 10.6. The summed E-state index contributed by atoms with van der Waals surface area (Å²) in [5, 5.41) is 5.75. The fourth-order valence-electron chi connectivity index (χ4n) is 1.39. The first-order valence-corrected chi connectivity index (χ1v) is 6.29. The van der Waals surface area contributed by atoms with Gasteiger partial charge in [0, 0.05) is 17.5 Å². The molecule has 0 aliphatic carbocycles. The predicted octanol–water partition coefficient (Wildman–Crippen LogP) is 3.58. The van der Waals surface area contributed by atoms with Gasteiger partial charge in [0.1, 0.15) is 0 Å². The Morgan fingerprint density at radius 3 is 2.64 bits per heavy atom. The van der Waals surface area contributed by atoms with Crippen LogP contribution >= 0.6 is 11.3 Å². The lowest BCUT2D eigenvalue weighted by atomic mass is 10.0. The molecular weight excluding hydrogens is 190 g/mol. The van der Waals surface area contributed by atoms with E-state index >= 15 is 0 Å². The Labute approximate surface area is 91.5 Å². The summed E-state index contributed by atoms with van der Waals surface area (Å²) in [6.45, 7) is 10.0. The highest BCUT2D eigenvalue weighted by atomic mass is 32.1. The molecule has 2 heteroatoms. The van der Waals surface area contributed by atoms with Crippen LogP contribution in [0.5, 0.6) is 0 Å². The number of nitrogens with one attached hydrogen (secondary N) is 1. The van der Waals surface area contributed by atoms with E-state index in [4.69, 9.17) is 0 Å². The third-order valence-electron chi connectivity index (χ3n) is 3.05. The highest BCUT2D eigenvalue weighted by molar-refractivity contribution is 7.10. The third-order valence-corrected chi connectivity index (χ3v) is 4.07. The lowest BCUT2D eigenvalue weighted by Crippen LogP contribution is -2.31. The molecule has 0 aliphatic heterocycles. The van der Waals surface area contributed by atoms with E-state index in [0.717, 1.165) is 12.5 Å². The van der Waals surface area contributed by atoms with Crippen molar-refractivity contribution in [3.05, 3.63) is 21.9 Å². The fraction of sp³-hybridized carbons (Fsp3) is 0.667. The lowest BCUT2D eigenvalue weighted by Gasteiger charge is -2.19. The number of aryl methyl sites for hydroxylation is 1. The van der Waals surface area contributed by atoms with Crippen LogP contribution in [0, 0.1) is 12.8 Å². The van der Waals surface area contributed by atoms with Gasteiger partial charge >= 0.3 is 0 Å². The molecule has 0 saturated carbocycles. The Morgan fingerprint density at radius 2 is 2.14 bits per heavy atom. The second-order valence-electron chi connectivity index (χ2n) is 4.08. The van der Waals surface area contributed by atoms with Crippen molar-refractivity contribution >= 4 is 11.3 Å². The predicted molar refractivity (Wildman–Crippen MR) is 64.8 cm³/mol. The molecule has 0 amide bonds. The average Bonchev–Trinajstić information content (AvgIpc) is 2.59. The van der Waals surface area contributed by atoms with E-state index in [0.29, 0.717) is 6.04 Å². The summed E-state index contributed by atoms with van der Waals surface area (Å²) < 4.78 is 0. The van der Waals surface area contributed by atoms with Crippen LogP contribution in [0.4, 0.5) is 0 Å². The summed E-state index contributed by atoms with van der Waals surface area (Å²) in [6.07, 6.45) is 1.25. The smallest absolute Gasteiger partial charge is 0.0304 e. The van der Waals surface area contributed by atoms with E-state index in [-0.39, 0.29) is 0 Å². The number of hydrogen-bond donors (Lipinski definition) is 1. The van der Waals surface area contributed by atoms with Gasteiger partial charge in [-0.25, -0.2) is 0 Å². The summed E-state index contributed by atoms with van der Waals surface area (Å²) in [5.41, 5.74) is 1.42. The molecule has 1 N–H and O–H groups in total. The van der Waals surface area contributed by atoms with Crippen molar-refractivity contribution in [3.63, 3.8) is 0 Å². The van der Waals surface area contributed by atoms with Crippen LogP contribution in [0.15, 0.2) is 11.4 Å². The van der Waals surface area contributed by atoms with Crippen LogP contribution in [-0.4, -0.2) is 6.04 Å². The van der Waals surface area contributed by atoms with E-state index in [2.05, 4.69) is 44.5 Å². The number of rotatable bonds is 5. The van der Waals surface area contributed by atoms with Gasteiger partial charge in [0.2, 0.25) is 0 Å². The largest absolute Gasteiger partial charge is 0.309 e. The van der Waals surface area contributed by atoms with Gasteiger partial charge < -0.3 is 5.32 Å². The van der Waals surface area contributed by atoms with Crippen LogP contribution in [0.1, 0.15) is 37.6 Å². The minimum absolute atomic E-state index is 0.612. The van der Waals surface area contributed by atoms with Crippen molar-refractivity contribution < 1.29 is 0 Å². The summed E-state index contributed by atoms with van der Waals surface area (Å²) in [5.74, 6) is 0.760. The maximum absolute atomic E-state index is 3.59. The van der Waals surface area contributed by atoms with Crippen LogP contribution < -0.4 is 5.32 Å². The molecule has 0 saturated heterocycles. The van der Waals surface area contributed by atoms with E-state index in [1.165, 1.54) is 16.9 Å². The normalized spacial score (nSPS) is 15.4. The summed E-state index contributed by atoms with van der Waals surface area (Å²) in [4.78, 5) is 1.47. The molecule has 1 nitrogen and oxygen atoms in total. The SMILES string of the molecule is CCC(C)C(C)NCc1sccc1C. The Hall–Kier alpha value is -0.340. The average molecular weight is 211 g/mol. The van der Waals surface area contributed by atoms with Crippen molar-refractivity contribution in [2.24, 2.45) is 5.92 Å². The molecule has 80 valence electrons. The van der Waals surface area contributed by atoms with E-state index < -0.39 is 0 Å². The zero-order valence-corrected chi connectivity index (χ0v) is 10.4. The van der Waals surface area contributed by atoms with Gasteiger partial charge in [-0.3, -0.25) is 0 Å². The molecule has 0 fully saturated rings. The Bertz CT molecular complexity index is 267. The highest BCUT2D eigenvalue weighted by Gasteiger charge is 2.09. The summed E-state index contributed by atoms with van der Waals surface area (Å²) >= 11 is 1.85. The first-order valence-electron chi connectivity index (χ1n) is 5.41. The van der Waals surface area contributed by atoms with Gasteiger partial charge in [-0.05, 0) is 36.8 Å². The summed E-state index contributed by atoms with van der Waals surface area (Å²) in [7, 11) is 0. The van der Waals surface area contributed by atoms with Gasteiger partial charge in [0.05, 0.1) is 0 Å². The van der Waals surface area contributed by atoms with Crippen molar-refractivity contribution in [1.29, 1.82) is 0 Å².